The first-order chi connectivity index (χ1) is 11.3. The van der Waals surface area contributed by atoms with Crippen LogP contribution in [0.5, 0.6) is 0 Å². The molecule has 1 fully saturated rings. The third-order valence-corrected chi connectivity index (χ3v) is 5.52. The highest BCUT2D eigenvalue weighted by Gasteiger charge is 2.26. The number of hydrogen-bond donors (Lipinski definition) is 1. The first kappa shape index (κ1) is 14.7. The molecule has 1 aliphatic carbocycles. The zero-order valence-corrected chi connectivity index (χ0v) is 14.0. The lowest BCUT2D eigenvalue weighted by atomic mass is 9.85. The van der Waals surface area contributed by atoms with Crippen molar-refractivity contribution >= 4 is 5.82 Å². The SMILES string of the molecule is Cn1cc(C2CNc3ncc(CCC4CCCCC4)cc32)cn1. The van der Waals surface area contributed by atoms with Gasteiger partial charge in [0.15, 0.2) is 0 Å². The van der Waals surface area contributed by atoms with Gasteiger partial charge in [-0.05, 0) is 36.0 Å². The first-order valence-electron chi connectivity index (χ1n) is 9.01. The Labute approximate surface area is 138 Å². The summed E-state index contributed by atoms with van der Waals surface area (Å²) in [5.41, 5.74) is 4.02. The molecule has 1 unspecified atom stereocenters. The van der Waals surface area contributed by atoms with Gasteiger partial charge < -0.3 is 5.32 Å². The van der Waals surface area contributed by atoms with E-state index in [-0.39, 0.29) is 0 Å². The molecule has 1 aliphatic heterocycles. The summed E-state index contributed by atoms with van der Waals surface area (Å²) >= 11 is 0. The number of fused-ring (bicyclic) bond motifs is 1. The van der Waals surface area contributed by atoms with E-state index in [0.29, 0.717) is 5.92 Å². The van der Waals surface area contributed by atoms with Crippen LogP contribution >= 0.6 is 0 Å². The van der Waals surface area contributed by atoms with E-state index < -0.39 is 0 Å². The van der Waals surface area contributed by atoms with Gasteiger partial charge in [0.1, 0.15) is 5.82 Å². The predicted molar refractivity (Wildman–Crippen MR) is 92.7 cm³/mol. The fourth-order valence-electron chi connectivity index (χ4n) is 4.15. The van der Waals surface area contributed by atoms with Gasteiger partial charge in [0.2, 0.25) is 0 Å². The summed E-state index contributed by atoms with van der Waals surface area (Å²) in [4.78, 5) is 4.67. The minimum Gasteiger partial charge on any atom is -0.369 e. The standard InChI is InChI=1S/C19H26N4/c1-23-13-16(11-22-23)18-12-21-19-17(18)9-15(10-20-19)8-7-14-5-3-2-4-6-14/h9-11,13-14,18H,2-8,12H2,1H3,(H,20,21). The Morgan fingerprint density at radius 3 is 2.87 bits per heavy atom. The van der Waals surface area contributed by atoms with Crippen LogP contribution in [0.25, 0.3) is 0 Å². The molecule has 0 radical (unpaired) electrons. The summed E-state index contributed by atoms with van der Waals surface area (Å²) in [6.07, 6.45) is 15.8. The zero-order chi connectivity index (χ0) is 15.6. The molecule has 1 saturated carbocycles. The monoisotopic (exact) mass is 310 g/mol. The summed E-state index contributed by atoms with van der Waals surface area (Å²) in [7, 11) is 1.98. The van der Waals surface area contributed by atoms with Gasteiger partial charge >= 0.3 is 0 Å². The van der Waals surface area contributed by atoms with Crippen LogP contribution in [0.4, 0.5) is 5.82 Å². The van der Waals surface area contributed by atoms with Crippen molar-refractivity contribution in [3.05, 3.63) is 41.3 Å². The third-order valence-electron chi connectivity index (χ3n) is 5.52. The van der Waals surface area contributed by atoms with E-state index in [2.05, 4.69) is 33.9 Å². The van der Waals surface area contributed by atoms with Crippen molar-refractivity contribution in [1.82, 2.24) is 14.8 Å². The van der Waals surface area contributed by atoms with Crippen molar-refractivity contribution in [2.75, 3.05) is 11.9 Å². The van der Waals surface area contributed by atoms with Gasteiger partial charge in [-0.2, -0.15) is 5.10 Å². The van der Waals surface area contributed by atoms with E-state index in [1.165, 1.54) is 61.6 Å². The minimum absolute atomic E-state index is 0.390. The average molecular weight is 310 g/mol. The van der Waals surface area contributed by atoms with Gasteiger partial charge in [0.25, 0.3) is 0 Å². The van der Waals surface area contributed by atoms with Gasteiger partial charge in [-0.1, -0.05) is 32.1 Å². The van der Waals surface area contributed by atoms with Gasteiger partial charge in [0.05, 0.1) is 6.20 Å². The van der Waals surface area contributed by atoms with E-state index >= 15 is 0 Å². The minimum atomic E-state index is 0.390. The van der Waals surface area contributed by atoms with Crippen LogP contribution < -0.4 is 5.32 Å². The molecule has 4 rings (SSSR count). The number of rotatable bonds is 4. The molecule has 3 heterocycles. The molecular formula is C19H26N4. The van der Waals surface area contributed by atoms with E-state index in [1.807, 2.05) is 17.9 Å². The molecule has 4 heteroatoms. The molecule has 122 valence electrons. The van der Waals surface area contributed by atoms with E-state index in [0.717, 1.165) is 18.3 Å². The number of nitrogens with zero attached hydrogens (tertiary/aromatic N) is 3. The van der Waals surface area contributed by atoms with Gasteiger partial charge in [-0.3, -0.25) is 4.68 Å². The maximum atomic E-state index is 4.67. The fourth-order valence-corrected chi connectivity index (χ4v) is 4.15. The molecule has 2 aliphatic rings. The fraction of sp³-hybridized carbons (Fsp3) is 0.579. The number of nitrogens with one attached hydrogen (secondary N) is 1. The topological polar surface area (TPSA) is 42.7 Å². The van der Waals surface area contributed by atoms with Gasteiger partial charge in [-0.15, -0.1) is 0 Å². The van der Waals surface area contributed by atoms with Gasteiger partial charge in [-0.25, -0.2) is 4.98 Å². The maximum Gasteiger partial charge on any atom is 0.129 e. The van der Waals surface area contributed by atoms with Crippen molar-refractivity contribution < 1.29 is 0 Å². The van der Waals surface area contributed by atoms with Crippen LogP contribution in [0.15, 0.2) is 24.7 Å². The highest BCUT2D eigenvalue weighted by molar-refractivity contribution is 5.56. The van der Waals surface area contributed by atoms with Crippen molar-refractivity contribution in [1.29, 1.82) is 0 Å². The normalized spacial score (nSPS) is 21.2. The molecule has 2 aromatic heterocycles. The zero-order valence-electron chi connectivity index (χ0n) is 14.0. The molecule has 1 N–H and O–H groups in total. The number of aryl methyl sites for hydroxylation is 2. The largest absolute Gasteiger partial charge is 0.369 e. The van der Waals surface area contributed by atoms with Crippen molar-refractivity contribution in [2.24, 2.45) is 13.0 Å². The maximum absolute atomic E-state index is 4.67. The Morgan fingerprint density at radius 2 is 2.09 bits per heavy atom. The van der Waals surface area contributed by atoms with Crippen LogP contribution in [0.3, 0.4) is 0 Å². The second-order valence-electron chi connectivity index (χ2n) is 7.20. The van der Waals surface area contributed by atoms with Crippen molar-refractivity contribution in [3.8, 4) is 0 Å². The van der Waals surface area contributed by atoms with E-state index in [9.17, 15) is 0 Å². The molecule has 0 saturated heterocycles. The van der Waals surface area contributed by atoms with Crippen LogP contribution in [-0.2, 0) is 13.5 Å². The quantitative estimate of drug-likeness (QED) is 0.931. The summed E-state index contributed by atoms with van der Waals surface area (Å²) < 4.78 is 1.88. The molecule has 2 aromatic rings. The van der Waals surface area contributed by atoms with Crippen LogP contribution in [0.1, 0.15) is 61.1 Å². The molecule has 23 heavy (non-hydrogen) atoms. The molecule has 0 amide bonds. The number of aromatic nitrogens is 3. The summed E-state index contributed by atoms with van der Waals surface area (Å²) in [5, 5.41) is 7.77. The molecule has 4 nitrogen and oxygen atoms in total. The number of anilines is 1. The first-order valence-corrected chi connectivity index (χ1v) is 9.01. The highest BCUT2D eigenvalue weighted by Crippen LogP contribution is 2.35. The Morgan fingerprint density at radius 1 is 1.22 bits per heavy atom. The molecule has 0 aromatic carbocycles. The molecular weight excluding hydrogens is 284 g/mol. The third kappa shape index (κ3) is 3.12. The van der Waals surface area contributed by atoms with E-state index in [1.54, 1.807) is 0 Å². The molecule has 0 spiro atoms. The average Bonchev–Trinajstić information content (AvgIpc) is 3.19. The Balaban J connectivity index is 1.48. The molecule has 1 atom stereocenters. The number of hydrogen-bond acceptors (Lipinski definition) is 3. The number of pyridine rings is 1. The second kappa shape index (κ2) is 6.34. The predicted octanol–water partition coefficient (Wildman–Crippen LogP) is 3.89. The lowest BCUT2D eigenvalue weighted by Gasteiger charge is -2.21. The highest BCUT2D eigenvalue weighted by atomic mass is 15.2. The molecule has 0 bridgehead atoms. The van der Waals surface area contributed by atoms with Crippen molar-refractivity contribution in [2.45, 2.75) is 50.9 Å². The van der Waals surface area contributed by atoms with Crippen LogP contribution in [0, 0.1) is 5.92 Å². The van der Waals surface area contributed by atoms with Gasteiger partial charge in [0, 0.05) is 37.5 Å². The Hall–Kier alpha value is -1.84. The summed E-state index contributed by atoms with van der Waals surface area (Å²) in [5.74, 6) is 2.38. The van der Waals surface area contributed by atoms with E-state index in [4.69, 9.17) is 0 Å². The van der Waals surface area contributed by atoms with Crippen LogP contribution in [-0.4, -0.2) is 21.3 Å². The Bertz CT molecular complexity index is 670. The summed E-state index contributed by atoms with van der Waals surface area (Å²) in [6.45, 7) is 0.931. The lowest BCUT2D eigenvalue weighted by Crippen LogP contribution is -2.07. The lowest BCUT2D eigenvalue weighted by molar-refractivity contribution is 0.339. The van der Waals surface area contributed by atoms with Crippen molar-refractivity contribution in [3.63, 3.8) is 0 Å². The summed E-state index contributed by atoms with van der Waals surface area (Å²) in [6, 6.07) is 2.38. The van der Waals surface area contributed by atoms with Crippen LogP contribution in [0.2, 0.25) is 0 Å². The Kier molecular flexibility index (Phi) is 4.06. The second-order valence-corrected chi connectivity index (χ2v) is 7.20. The smallest absolute Gasteiger partial charge is 0.129 e.